The van der Waals surface area contributed by atoms with Gasteiger partial charge in [0.2, 0.25) is 0 Å². The highest BCUT2D eigenvalue weighted by molar-refractivity contribution is 5.50. The molecule has 2 aliphatic heterocycles. The number of hydrogen-bond acceptors (Lipinski definition) is 2. The SMILES string of the molecule is c1ccc(N2C3CC[C@@H]2CC(Cc2ccccn2)C3)cc1. The minimum absolute atomic E-state index is 0.736. The van der Waals surface area contributed by atoms with E-state index in [1.807, 2.05) is 12.3 Å². The highest BCUT2D eigenvalue weighted by atomic mass is 15.2. The van der Waals surface area contributed by atoms with Crippen molar-refractivity contribution >= 4 is 5.69 Å². The lowest BCUT2D eigenvalue weighted by molar-refractivity contribution is 0.336. The zero-order valence-electron chi connectivity index (χ0n) is 12.4. The Morgan fingerprint density at radius 1 is 0.905 bits per heavy atom. The fourth-order valence-corrected chi connectivity index (χ4v) is 4.29. The predicted octanol–water partition coefficient (Wildman–Crippen LogP) is 4.07. The third-order valence-electron chi connectivity index (χ3n) is 5.11. The number of para-hydroxylation sites is 1. The Balaban J connectivity index is 1.49. The molecule has 2 unspecified atom stereocenters. The molecule has 0 spiro atoms. The van der Waals surface area contributed by atoms with Gasteiger partial charge in [-0.1, -0.05) is 24.3 Å². The summed E-state index contributed by atoms with van der Waals surface area (Å²) in [6.07, 6.45) is 8.43. The van der Waals surface area contributed by atoms with Crippen LogP contribution in [0.25, 0.3) is 0 Å². The van der Waals surface area contributed by atoms with Gasteiger partial charge in [-0.2, -0.15) is 0 Å². The van der Waals surface area contributed by atoms with Crippen molar-refractivity contribution in [3.8, 4) is 0 Å². The van der Waals surface area contributed by atoms with Crippen LogP contribution in [0.3, 0.4) is 0 Å². The number of piperidine rings is 1. The standard InChI is InChI=1S/C19H22N2/c1-2-7-17(8-3-1)21-18-9-10-19(21)14-15(13-18)12-16-6-4-5-11-20-16/h1-8,11,15,18-19H,9-10,12-14H2/t15?,18-,19?/m1/s1. The van der Waals surface area contributed by atoms with Gasteiger partial charge in [-0.25, -0.2) is 0 Å². The molecule has 21 heavy (non-hydrogen) atoms. The van der Waals surface area contributed by atoms with Crippen molar-refractivity contribution in [3.63, 3.8) is 0 Å². The second kappa shape index (κ2) is 5.51. The monoisotopic (exact) mass is 278 g/mol. The maximum Gasteiger partial charge on any atom is 0.0406 e. The van der Waals surface area contributed by atoms with Gasteiger partial charge in [0.15, 0.2) is 0 Å². The third kappa shape index (κ3) is 2.55. The Hall–Kier alpha value is -1.83. The highest BCUT2D eigenvalue weighted by Gasteiger charge is 2.40. The Kier molecular flexibility index (Phi) is 3.38. The van der Waals surface area contributed by atoms with E-state index in [0.717, 1.165) is 24.4 Å². The maximum atomic E-state index is 4.51. The van der Waals surface area contributed by atoms with Crippen LogP contribution in [-0.4, -0.2) is 17.1 Å². The molecule has 0 saturated carbocycles. The molecule has 0 aliphatic carbocycles. The van der Waals surface area contributed by atoms with Crippen LogP contribution in [0.4, 0.5) is 5.69 Å². The molecule has 0 N–H and O–H groups in total. The van der Waals surface area contributed by atoms with Crippen LogP contribution >= 0.6 is 0 Å². The van der Waals surface area contributed by atoms with Crippen molar-refractivity contribution in [3.05, 3.63) is 60.4 Å². The van der Waals surface area contributed by atoms with E-state index in [1.54, 1.807) is 0 Å². The smallest absolute Gasteiger partial charge is 0.0406 e. The van der Waals surface area contributed by atoms with Crippen LogP contribution in [-0.2, 0) is 6.42 Å². The van der Waals surface area contributed by atoms with Crippen LogP contribution in [0.1, 0.15) is 31.4 Å². The second-order valence-corrected chi connectivity index (χ2v) is 6.49. The number of rotatable bonds is 3. The first kappa shape index (κ1) is 12.9. The number of benzene rings is 1. The van der Waals surface area contributed by atoms with Gasteiger partial charge in [0, 0.05) is 29.7 Å². The van der Waals surface area contributed by atoms with Gasteiger partial charge in [-0.05, 0) is 62.3 Å². The zero-order valence-corrected chi connectivity index (χ0v) is 12.4. The number of fused-ring (bicyclic) bond motifs is 2. The molecule has 0 radical (unpaired) electrons. The summed E-state index contributed by atoms with van der Waals surface area (Å²) >= 11 is 0. The van der Waals surface area contributed by atoms with Crippen molar-refractivity contribution in [2.75, 3.05) is 4.90 Å². The highest BCUT2D eigenvalue weighted by Crippen LogP contribution is 2.42. The molecular weight excluding hydrogens is 256 g/mol. The Morgan fingerprint density at radius 3 is 2.29 bits per heavy atom. The summed E-state index contributed by atoms with van der Waals surface area (Å²) in [4.78, 5) is 7.20. The van der Waals surface area contributed by atoms with Crippen LogP contribution in [0, 0.1) is 5.92 Å². The summed E-state index contributed by atoms with van der Waals surface area (Å²) in [6, 6.07) is 18.7. The van der Waals surface area contributed by atoms with Gasteiger partial charge < -0.3 is 4.90 Å². The van der Waals surface area contributed by atoms with Crippen molar-refractivity contribution < 1.29 is 0 Å². The molecule has 2 aliphatic rings. The average molecular weight is 278 g/mol. The van der Waals surface area contributed by atoms with E-state index in [1.165, 1.54) is 37.1 Å². The molecular formula is C19H22N2. The van der Waals surface area contributed by atoms with E-state index >= 15 is 0 Å². The van der Waals surface area contributed by atoms with Gasteiger partial charge in [0.05, 0.1) is 0 Å². The molecule has 2 aromatic rings. The van der Waals surface area contributed by atoms with Crippen LogP contribution in [0.15, 0.2) is 54.7 Å². The molecule has 108 valence electrons. The Labute approximate surface area is 126 Å². The van der Waals surface area contributed by atoms with Crippen molar-refractivity contribution in [2.24, 2.45) is 5.92 Å². The number of anilines is 1. The first-order valence-corrected chi connectivity index (χ1v) is 8.13. The Bertz CT molecular complexity index is 567. The van der Waals surface area contributed by atoms with Crippen LogP contribution in [0.5, 0.6) is 0 Å². The molecule has 2 saturated heterocycles. The number of aromatic nitrogens is 1. The third-order valence-corrected chi connectivity index (χ3v) is 5.11. The lowest BCUT2D eigenvalue weighted by Crippen LogP contribution is -2.43. The summed E-state index contributed by atoms with van der Waals surface area (Å²) < 4.78 is 0. The van der Waals surface area contributed by atoms with E-state index in [4.69, 9.17) is 0 Å². The first-order chi connectivity index (χ1) is 10.4. The molecule has 3 heterocycles. The van der Waals surface area contributed by atoms with Crippen molar-refractivity contribution in [1.82, 2.24) is 4.98 Å². The summed E-state index contributed by atoms with van der Waals surface area (Å²) in [5.74, 6) is 0.803. The normalized spacial score (nSPS) is 27.8. The van der Waals surface area contributed by atoms with E-state index < -0.39 is 0 Å². The summed E-state index contributed by atoms with van der Waals surface area (Å²) in [7, 11) is 0. The van der Waals surface area contributed by atoms with E-state index in [9.17, 15) is 0 Å². The molecule has 4 rings (SSSR count). The molecule has 2 heteroatoms. The fourth-order valence-electron chi connectivity index (χ4n) is 4.29. The Morgan fingerprint density at radius 2 is 1.62 bits per heavy atom. The molecule has 2 fully saturated rings. The lowest BCUT2D eigenvalue weighted by Gasteiger charge is -2.40. The number of pyridine rings is 1. The fraction of sp³-hybridized carbons (Fsp3) is 0.421. The molecule has 3 atom stereocenters. The number of hydrogen-bond donors (Lipinski definition) is 0. The van der Waals surface area contributed by atoms with Gasteiger partial charge in [-0.15, -0.1) is 0 Å². The molecule has 1 aromatic heterocycles. The van der Waals surface area contributed by atoms with E-state index in [2.05, 4.69) is 52.3 Å². The van der Waals surface area contributed by atoms with Gasteiger partial charge in [0.25, 0.3) is 0 Å². The van der Waals surface area contributed by atoms with Crippen molar-refractivity contribution in [1.29, 1.82) is 0 Å². The second-order valence-electron chi connectivity index (χ2n) is 6.49. The topological polar surface area (TPSA) is 16.1 Å². The van der Waals surface area contributed by atoms with Gasteiger partial charge in [-0.3, -0.25) is 4.98 Å². The molecule has 2 nitrogen and oxygen atoms in total. The van der Waals surface area contributed by atoms with Crippen LogP contribution in [0.2, 0.25) is 0 Å². The maximum absolute atomic E-state index is 4.51. The quantitative estimate of drug-likeness (QED) is 0.841. The minimum atomic E-state index is 0.736. The molecule has 1 aromatic carbocycles. The average Bonchev–Trinajstić information content (AvgIpc) is 2.80. The number of nitrogens with zero attached hydrogens (tertiary/aromatic N) is 2. The lowest BCUT2D eigenvalue weighted by atomic mass is 9.86. The van der Waals surface area contributed by atoms with Crippen molar-refractivity contribution in [2.45, 2.75) is 44.2 Å². The summed E-state index contributed by atoms with van der Waals surface area (Å²) in [5.41, 5.74) is 2.68. The molecule has 0 amide bonds. The van der Waals surface area contributed by atoms with E-state index in [0.29, 0.717) is 0 Å². The summed E-state index contributed by atoms with van der Waals surface area (Å²) in [6.45, 7) is 0. The minimum Gasteiger partial charge on any atom is -0.366 e. The summed E-state index contributed by atoms with van der Waals surface area (Å²) in [5, 5.41) is 0. The largest absolute Gasteiger partial charge is 0.366 e. The predicted molar refractivity (Wildman–Crippen MR) is 86.4 cm³/mol. The van der Waals surface area contributed by atoms with Crippen LogP contribution < -0.4 is 4.90 Å². The molecule has 2 bridgehead atoms. The van der Waals surface area contributed by atoms with E-state index in [-0.39, 0.29) is 0 Å². The van der Waals surface area contributed by atoms with Gasteiger partial charge in [0.1, 0.15) is 0 Å². The first-order valence-electron chi connectivity index (χ1n) is 8.13. The van der Waals surface area contributed by atoms with Gasteiger partial charge >= 0.3 is 0 Å². The zero-order chi connectivity index (χ0) is 14.1.